The summed E-state index contributed by atoms with van der Waals surface area (Å²) in [6.07, 6.45) is 5.96. The van der Waals surface area contributed by atoms with Crippen molar-refractivity contribution in [2.24, 2.45) is 0 Å². The summed E-state index contributed by atoms with van der Waals surface area (Å²) in [5, 5.41) is 2.39. The molecule has 1 fully saturated rings. The Morgan fingerprint density at radius 1 is 1.21 bits per heavy atom. The quantitative estimate of drug-likeness (QED) is 0.843. The number of benzene rings is 1. The highest BCUT2D eigenvalue weighted by Gasteiger charge is 2.18. The summed E-state index contributed by atoms with van der Waals surface area (Å²) >= 11 is 0. The summed E-state index contributed by atoms with van der Waals surface area (Å²) in [5.74, 6) is 1.46. The van der Waals surface area contributed by atoms with E-state index in [1.165, 1.54) is 16.3 Å². The van der Waals surface area contributed by atoms with Crippen LogP contribution >= 0.6 is 0 Å². The lowest BCUT2D eigenvalue weighted by molar-refractivity contribution is 0.0856. The molecule has 1 aliphatic rings. The first-order valence-electron chi connectivity index (χ1n) is 6.97. The Labute approximate surface area is 113 Å². The van der Waals surface area contributed by atoms with Gasteiger partial charge in [0.15, 0.2) is 0 Å². The average molecular weight is 257 g/mol. The van der Waals surface area contributed by atoms with Crippen LogP contribution in [0.25, 0.3) is 10.8 Å². The third-order valence-electron chi connectivity index (χ3n) is 3.76. The lowest BCUT2D eigenvalue weighted by Gasteiger charge is -2.23. The van der Waals surface area contributed by atoms with Gasteiger partial charge in [-0.3, -0.25) is 4.98 Å². The van der Waals surface area contributed by atoms with Crippen LogP contribution < -0.4 is 4.74 Å². The van der Waals surface area contributed by atoms with Crippen molar-refractivity contribution in [2.75, 3.05) is 19.8 Å². The Morgan fingerprint density at radius 3 is 2.84 bits per heavy atom. The number of hydrogen-bond donors (Lipinski definition) is 0. The molecule has 1 aromatic heterocycles. The van der Waals surface area contributed by atoms with Crippen LogP contribution in [-0.4, -0.2) is 24.8 Å². The predicted octanol–water partition coefficient (Wildman–Crippen LogP) is 3.53. The maximum Gasteiger partial charge on any atom is 0.145 e. The van der Waals surface area contributed by atoms with Gasteiger partial charge in [-0.25, -0.2) is 0 Å². The highest BCUT2D eigenvalue weighted by atomic mass is 16.5. The average Bonchev–Trinajstić information content (AvgIpc) is 2.48. The molecular weight excluding hydrogens is 238 g/mol. The van der Waals surface area contributed by atoms with Crippen molar-refractivity contribution >= 4 is 10.8 Å². The van der Waals surface area contributed by atoms with Crippen LogP contribution in [-0.2, 0) is 4.74 Å². The number of fused-ring (bicyclic) bond motifs is 1. The minimum absolute atomic E-state index is 0.580. The second kappa shape index (κ2) is 5.57. The summed E-state index contributed by atoms with van der Waals surface area (Å²) in [5.41, 5.74) is 1.38. The first kappa shape index (κ1) is 12.4. The monoisotopic (exact) mass is 257 g/mol. The first-order valence-corrected chi connectivity index (χ1v) is 6.97. The van der Waals surface area contributed by atoms with Crippen LogP contribution in [0.15, 0.2) is 30.6 Å². The van der Waals surface area contributed by atoms with Crippen molar-refractivity contribution in [1.29, 1.82) is 0 Å². The van der Waals surface area contributed by atoms with Crippen molar-refractivity contribution in [3.63, 3.8) is 0 Å². The minimum atomic E-state index is 0.580. The number of ether oxygens (including phenoxy) is 2. The molecule has 0 unspecified atom stereocenters. The molecule has 2 heterocycles. The number of hydrogen-bond acceptors (Lipinski definition) is 3. The van der Waals surface area contributed by atoms with E-state index in [4.69, 9.17) is 9.47 Å². The minimum Gasteiger partial charge on any atom is -0.492 e. The van der Waals surface area contributed by atoms with E-state index in [0.717, 1.165) is 31.8 Å². The van der Waals surface area contributed by atoms with Gasteiger partial charge < -0.3 is 9.47 Å². The zero-order valence-electron chi connectivity index (χ0n) is 11.3. The van der Waals surface area contributed by atoms with Crippen molar-refractivity contribution < 1.29 is 9.47 Å². The lowest BCUT2D eigenvalue weighted by Crippen LogP contribution is -2.14. The molecule has 1 aliphatic heterocycles. The van der Waals surface area contributed by atoms with Gasteiger partial charge in [0.2, 0.25) is 0 Å². The summed E-state index contributed by atoms with van der Waals surface area (Å²) < 4.78 is 11.1. The largest absolute Gasteiger partial charge is 0.492 e. The predicted molar refractivity (Wildman–Crippen MR) is 75.7 cm³/mol. The molecule has 0 saturated carbocycles. The maximum atomic E-state index is 5.67. The van der Waals surface area contributed by atoms with E-state index in [2.05, 4.69) is 23.2 Å². The van der Waals surface area contributed by atoms with Crippen molar-refractivity contribution in [3.05, 3.63) is 36.2 Å². The Kier molecular flexibility index (Phi) is 3.65. The summed E-state index contributed by atoms with van der Waals surface area (Å²) in [7, 11) is 0. The number of rotatable bonds is 3. The van der Waals surface area contributed by atoms with Crippen molar-refractivity contribution in [3.8, 4) is 5.75 Å². The number of pyridine rings is 1. The van der Waals surface area contributed by atoms with Gasteiger partial charge in [0.25, 0.3) is 0 Å². The van der Waals surface area contributed by atoms with Crippen LogP contribution in [0.3, 0.4) is 0 Å². The van der Waals surface area contributed by atoms with Crippen molar-refractivity contribution in [1.82, 2.24) is 4.98 Å². The molecule has 3 nitrogen and oxygen atoms in total. The summed E-state index contributed by atoms with van der Waals surface area (Å²) in [4.78, 5) is 4.33. The Hall–Kier alpha value is -1.61. The normalized spacial score (nSPS) is 16.7. The standard InChI is InChI=1S/C16H19NO2/c1-2-19-16-11-17-10-15-13(4-3-5-14(15)16)12-6-8-18-9-7-12/h3-5,10-12H,2,6-9H2,1H3. The van der Waals surface area contributed by atoms with Gasteiger partial charge >= 0.3 is 0 Å². The highest BCUT2D eigenvalue weighted by Crippen LogP contribution is 2.34. The Morgan fingerprint density at radius 2 is 2.05 bits per heavy atom. The van der Waals surface area contributed by atoms with E-state index < -0.39 is 0 Å². The van der Waals surface area contributed by atoms with Gasteiger partial charge in [-0.1, -0.05) is 18.2 Å². The van der Waals surface area contributed by atoms with Gasteiger partial charge in [-0.05, 0) is 31.2 Å². The van der Waals surface area contributed by atoms with Crippen LogP contribution in [0.5, 0.6) is 5.75 Å². The fourth-order valence-corrected chi connectivity index (χ4v) is 2.83. The van der Waals surface area contributed by atoms with E-state index in [9.17, 15) is 0 Å². The first-order chi connectivity index (χ1) is 9.40. The van der Waals surface area contributed by atoms with Crippen LogP contribution in [0.1, 0.15) is 31.2 Å². The Bertz CT molecular complexity index is 562. The molecule has 19 heavy (non-hydrogen) atoms. The number of nitrogens with zero attached hydrogens (tertiary/aromatic N) is 1. The SMILES string of the molecule is CCOc1cncc2c(C3CCOCC3)cccc12. The summed E-state index contributed by atoms with van der Waals surface area (Å²) in [6, 6.07) is 6.45. The molecule has 3 heteroatoms. The smallest absolute Gasteiger partial charge is 0.145 e. The van der Waals surface area contributed by atoms with E-state index in [-0.39, 0.29) is 0 Å². The fourth-order valence-electron chi connectivity index (χ4n) is 2.83. The Balaban J connectivity index is 2.07. The molecule has 0 N–H and O–H groups in total. The van der Waals surface area contributed by atoms with E-state index >= 15 is 0 Å². The zero-order valence-corrected chi connectivity index (χ0v) is 11.3. The highest BCUT2D eigenvalue weighted by molar-refractivity contribution is 5.90. The van der Waals surface area contributed by atoms with E-state index in [1.807, 2.05) is 13.1 Å². The maximum absolute atomic E-state index is 5.67. The molecule has 0 radical (unpaired) electrons. The van der Waals surface area contributed by atoms with Crippen LogP contribution in [0.4, 0.5) is 0 Å². The van der Waals surface area contributed by atoms with Gasteiger partial charge in [0, 0.05) is 30.2 Å². The lowest BCUT2D eigenvalue weighted by atomic mass is 9.88. The van der Waals surface area contributed by atoms with E-state index in [0.29, 0.717) is 12.5 Å². The molecule has 0 aliphatic carbocycles. The molecule has 100 valence electrons. The van der Waals surface area contributed by atoms with Gasteiger partial charge in [0.1, 0.15) is 5.75 Å². The van der Waals surface area contributed by atoms with Crippen molar-refractivity contribution in [2.45, 2.75) is 25.7 Å². The molecule has 1 saturated heterocycles. The van der Waals surface area contributed by atoms with Crippen LogP contribution in [0.2, 0.25) is 0 Å². The molecule has 0 atom stereocenters. The summed E-state index contributed by atoms with van der Waals surface area (Å²) in [6.45, 7) is 4.39. The zero-order chi connectivity index (χ0) is 13.1. The molecule has 3 rings (SSSR count). The molecule has 2 aromatic rings. The number of aromatic nitrogens is 1. The molecule has 0 amide bonds. The second-order valence-electron chi connectivity index (χ2n) is 4.90. The fraction of sp³-hybridized carbons (Fsp3) is 0.438. The molecular formula is C16H19NO2. The second-order valence-corrected chi connectivity index (χ2v) is 4.90. The molecule has 0 spiro atoms. The molecule has 1 aromatic carbocycles. The molecule has 0 bridgehead atoms. The van der Waals surface area contributed by atoms with Gasteiger partial charge in [-0.2, -0.15) is 0 Å². The van der Waals surface area contributed by atoms with E-state index in [1.54, 1.807) is 6.20 Å². The van der Waals surface area contributed by atoms with Gasteiger partial charge in [0.05, 0.1) is 12.8 Å². The third kappa shape index (κ3) is 2.43. The topological polar surface area (TPSA) is 31.4 Å². The third-order valence-corrected chi connectivity index (χ3v) is 3.76. The van der Waals surface area contributed by atoms with Crippen LogP contribution in [0, 0.1) is 0 Å². The van der Waals surface area contributed by atoms with Gasteiger partial charge in [-0.15, -0.1) is 0 Å².